The minimum absolute atomic E-state index is 0.163. The van der Waals surface area contributed by atoms with E-state index in [-0.39, 0.29) is 12.2 Å². The third-order valence-corrected chi connectivity index (χ3v) is 3.26. The number of Topliss-reactive ketones (excluding diaryl/α,β-unsaturated/α-hetero) is 1. The number of nitrogens with zero attached hydrogens (tertiary/aromatic N) is 1. The highest BCUT2D eigenvalue weighted by Crippen LogP contribution is 2.26. The van der Waals surface area contributed by atoms with Gasteiger partial charge in [-0.3, -0.25) is 4.79 Å². The molecule has 0 amide bonds. The number of ether oxygens (including phenoxy) is 3. The number of carbonyl (C=O) groups excluding carboxylic acids is 2. The van der Waals surface area contributed by atoms with Gasteiger partial charge in [-0.25, -0.2) is 4.79 Å². The van der Waals surface area contributed by atoms with E-state index in [1.807, 2.05) is 6.07 Å². The van der Waals surface area contributed by atoms with Crippen molar-refractivity contribution in [2.24, 2.45) is 0 Å². The van der Waals surface area contributed by atoms with Crippen LogP contribution < -0.4 is 9.64 Å². The molecule has 0 atom stereocenters. The molecule has 114 valence electrons. The van der Waals surface area contributed by atoms with E-state index in [9.17, 15) is 9.59 Å². The maximum absolute atomic E-state index is 12.2. The lowest BCUT2D eigenvalue weighted by molar-refractivity contribution is -0.137. The largest absolute Gasteiger partial charge is 0.496 e. The Morgan fingerprint density at radius 2 is 2.00 bits per heavy atom. The second kappa shape index (κ2) is 7.08. The quantitative estimate of drug-likeness (QED) is 0.463. The monoisotopic (exact) mass is 293 g/mol. The molecule has 1 fully saturated rings. The molecule has 1 aromatic rings. The number of benzene rings is 1. The van der Waals surface area contributed by atoms with Crippen LogP contribution in [0.3, 0.4) is 0 Å². The van der Waals surface area contributed by atoms with Crippen molar-refractivity contribution < 1.29 is 23.8 Å². The molecule has 0 radical (unpaired) electrons. The van der Waals surface area contributed by atoms with Crippen molar-refractivity contribution >= 4 is 17.4 Å². The minimum Gasteiger partial charge on any atom is -0.496 e. The van der Waals surface area contributed by atoms with Gasteiger partial charge in [0.25, 0.3) is 5.78 Å². The number of hydrogen-bond acceptors (Lipinski definition) is 6. The molecule has 6 nitrogen and oxygen atoms in total. The molecule has 2 rings (SSSR count). The van der Waals surface area contributed by atoms with Crippen molar-refractivity contribution in [1.29, 1.82) is 0 Å². The van der Waals surface area contributed by atoms with Gasteiger partial charge >= 0.3 is 5.97 Å². The van der Waals surface area contributed by atoms with Crippen LogP contribution in [0.2, 0.25) is 0 Å². The maximum atomic E-state index is 12.2. The molecule has 0 aromatic heterocycles. The molecule has 0 bridgehead atoms. The molecular weight excluding hydrogens is 274 g/mol. The lowest BCUT2D eigenvalue weighted by Crippen LogP contribution is -2.36. The summed E-state index contributed by atoms with van der Waals surface area (Å²) in [6.45, 7) is 4.61. The van der Waals surface area contributed by atoms with Crippen LogP contribution in [0.5, 0.6) is 5.75 Å². The lowest BCUT2D eigenvalue weighted by atomic mass is 10.1. The van der Waals surface area contributed by atoms with Gasteiger partial charge in [0, 0.05) is 18.8 Å². The first-order valence-electron chi connectivity index (χ1n) is 6.89. The summed E-state index contributed by atoms with van der Waals surface area (Å²) in [6.07, 6.45) is 0. The SMILES string of the molecule is CCOC(=O)C(=O)c1cc(N2CCOCC2)ccc1OC. The van der Waals surface area contributed by atoms with Crippen molar-refractivity contribution in [3.8, 4) is 5.75 Å². The topological polar surface area (TPSA) is 65.1 Å². The van der Waals surface area contributed by atoms with Crippen molar-refractivity contribution in [2.45, 2.75) is 6.92 Å². The van der Waals surface area contributed by atoms with Crippen molar-refractivity contribution in [3.05, 3.63) is 23.8 Å². The fourth-order valence-electron chi connectivity index (χ4n) is 2.20. The van der Waals surface area contributed by atoms with Gasteiger partial charge in [-0.15, -0.1) is 0 Å². The minimum atomic E-state index is -0.866. The molecule has 21 heavy (non-hydrogen) atoms. The predicted molar refractivity (Wildman–Crippen MR) is 77.0 cm³/mol. The van der Waals surface area contributed by atoms with E-state index in [4.69, 9.17) is 14.2 Å². The van der Waals surface area contributed by atoms with E-state index in [2.05, 4.69) is 4.90 Å². The predicted octanol–water partition coefficient (Wildman–Crippen LogP) is 1.28. The third kappa shape index (κ3) is 3.52. The van der Waals surface area contributed by atoms with Crippen LogP contribution in [0.4, 0.5) is 5.69 Å². The zero-order valence-electron chi connectivity index (χ0n) is 12.3. The van der Waals surface area contributed by atoms with Crippen LogP contribution in [-0.2, 0) is 14.3 Å². The standard InChI is InChI=1S/C15H19NO5/c1-3-21-15(18)14(17)12-10-11(4-5-13(12)19-2)16-6-8-20-9-7-16/h4-5,10H,3,6-9H2,1-2H3. The van der Waals surface area contributed by atoms with Gasteiger partial charge in [0.15, 0.2) is 0 Å². The van der Waals surface area contributed by atoms with Crippen LogP contribution in [0.15, 0.2) is 18.2 Å². The summed E-state index contributed by atoms with van der Waals surface area (Å²) in [7, 11) is 1.46. The zero-order valence-corrected chi connectivity index (χ0v) is 12.3. The molecule has 1 heterocycles. The highest BCUT2D eigenvalue weighted by Gasteiger charge is 2.23. The summed E-state index contributed by atoms with van der Waals surface area (Å²) in [5.41, 5.74) is 1.09. The van der Waals surface area contributed by atoms with E-state index in [0.29, 0.717) is 19.0 Å². The highest BCUT2D eigenvalue weighted by molar-refractivity contribution is 6.41. The molecule has 1 aliphatic heterocycles. The van der Waals surface area contributed by atoms with Crippen LogP contribution in [0, 0.1) is 0 Å². The average Bonchev–Trinajstić information content (AvgIpc) is 2.54. The zero-order chi connectivity index (χ0) is 15.2. The summed E-state index contributed by atoms with van der Waals surface area (Å²) in [4.78, 5) is 25.9. The Morgan fingerprint density at radius 1 is 1.29 bits per heavy atom. The Kier molecular flexibility index (Phi) is 5.16. The third-order valence-electron chi connectivity index (χ3n) is 3.26. The van der Waals surface area contributed by atoms with E-state index in [0.717, 1.165) is 18.8 Å². The molecule has 6 heteroatoms. The van der Waals surface area contributed by atoms with Gasteiger partial charge in [0.05, 0.1) is 32.5 Å². The summed E-state index contributed by atoms with van der Waals surface area (Å²) in [5.74, 6) is -1.19. The summed E-state index contributed by atoms with van der Waals surface area (Å²) >= 11 is 0. The van der Waals surface area contributed by atoms with Crippen molar-refractivity contribution in [3.63, 3.8) is 0 Å². The second-order valence-corrected chi connectivity index (χ2v) is 4.53. The summed E-state index contributed by atoms with van der Waals surface area (Å²) in [5, 5.41) is 0. The van der Waals surface area contributed by atoms with Gasteiger partial charge in [-0.05, 0) is 25.1 Å². The Labute approximate surface area is 123 Å². The van der Waals surface area contributed by atoms with Crippen molar-refractivity contribution in [2.75, 3.05) is 44.9 Å². The first-order valence-corrected chi connectivity index (χ1v) is 6.89. The van der Waals surface area contributed by atoms with E-state index in [1.54, 1.807) is 19.1 Å². The normalized spacial score (nSPS) is 14.7. The van der Waals surface area contributed by atoms with E-state index in [1.165, 1.54) is 7.11 Å². The number of hydrogen-bond donors (Lipinski definition) is 0. The van der Waals surface area contributed by atoms with Gasteiger partial charge in [-0.1, -0.05) is 0 Å². The molecule has 1 aliphatic rings. The molecule has 0 saturated carbocycles. The van der Waals surface area contributed by atoms with Crippen LogP contribution in [0.1, 0.15) is 17.3 Å². The molecular formula is C15H19NO5. The number of ketones is 1. The number of carbonyl (C=O) groups is 2. The smallest absolute Gasteiger partial charge is 0.379 e. The Morgan fingerprint density at radius 3 is 2.62 bits per heavy atom. The fraction of sp³-hybridized carbons (Fsp3) is 0.467. The molecule has 1 saturated heterocycles. The summed E-state index contributed by atoms with van der Waals surface area (Å²) < 4.78 is 15.2. The molecule has 0 aliphatic carbocycles. The molecule has 1 aromatic carbocycles. The Balaban J connectivity index is 2.29. The second-order valence-electron chi connectivity index (χ2n) is 4.53. The lowest BCUT2D eigenvalue weighted by Gasteiger charge is -2.29. The number of morpholine rings is 1. The molecule has 0 spiro atoms. The molecule has 0 unspecified atom stereocenters. The first-order chi connectivity index (χ1) is 10.2. The summed E-state index contributed by atoms with van der Waals surface area (Å²) in [6, 6.07) is 5.23. The van der Waals surface area contributed by atoms with Crippen LogP contribution in [0.25, 0.3) is 0 Å². The number of methoxy groups -OCH3 is 1. The van der Waals surface area contributed by atoms with Crippen LogP contribution >= 0.6 is 0 Å². The van der Waals surface area contributed by atoms with E-state index >= 15 is 0 Å². The average molecular weight is 293 g/mol. The number of esters is 1. The number of anilines is 1. The van der Waals surface area contributed by atoms with Crippen molar-refractivity contribution in [1.82, 2.24) is 0 Å². The van der Waals surface area contributed by atoms with Crippen LogP contribution in [-0.4, -0.2) is 51.8 Å². The maximum Gasteiger partial charge on any atom is 0.379 e. The molecule has 0 N–H and O–H groups in total. The van der Waals surface area contributed by atoms with Gasteiger partial charge < -0.3 is 19.1 Å². The fourth-order valence-corrected chi connectivity index (χ4v) is 2.20. The number of rotatable bonds is 5. The highest BCUT2D eigenvalue weighted by atomic mass is 16.5. The van der Waals surface area contributed by atoms with Gasteiger partial charge in [0.2, 0.25) is 0 Å². The first kappa shape index (κ1) is 15.3. The van der Waals surface area contributed by atoms with E-state index < -0.39 is 11.8 Å². The van der Waals surface area contributed by atoms with Gasteiger partial charge in [0.1, 0.15) is 5.75 Å². The van der Waals surface area contributed by atoms with Gasteiger partial charge in [-0.2, -0.15) is 0 Å². The Bertz CT molecular complexity index is 523. The Hall–Kier alpha value is -2.08.